The number of hydrogen-bond donors (Lipinski definition) is 2. The third-order valence-electron chi connectivity index (χ3n) is 3.56. The van der Waals surface area contributed by atoms with Crippen molar-refractivity contribution in [3.8, 4) is 0 Å². The summed E-state index contributed by atoms with van der Waals surface area (Å²) in [5.74, 6) is 0.160. The highest BCUT2D eigenvalue weighted by Crippen LogP contribution is 2.37. The fourth-order valence-corrected chi connectivity index (χ4v) is 1.91. The summed E-state index contributed by atoms with van der Waals surface area (Å²) in [7, 11) is 0. The van der Waals surface area contributed by atoms with Crippen molar-refractivity contribution in [1.82, 2.24) is 5.32 Å². The Bertz CT molecular complexity index is 299. The molecule has 1 fully saturated rings. The predicted molar refractivity (Wildman–Crippen MR) is 65.5 cm³/mol. The van der Waals surface area contributed by atoms with Crippen molar-refractivity contribution >= 4 is 11.9 Å². The van der Waals surface area contributed by atoms with Crippen molar-refractivity contribution in [3.05, 3.63) is 0 Å². The summed E-state index contributed by atoms with van der Waals surface area (Å²) in [6.07, 6.45) is 2.68. The number of rotatable bonds is 7. The molecule has 1 aliphatic carbocycles. The van der Waals surface area contributed by atoms with Gasteiger partial charge in [-0.15, -0.1) is 0 Å². The Hall–Kier alpha value is -1.06. The maximum absolute atomic E-state index is 11.6. The maximum atomic E-state index is 11.6. The van der Waals surface area contributed by atoms with E-state index in [-0.39, 0.29) is 23.7 Å². The van der Waals surface area contributed by atoms with E-state index in [2.05, 4.69) is 12.2 Å². The van der Waals surface area contributed by atoms with Crippen LogP contribution in [0.25, 0.3) is 0 Å². The van der Waals surface area contributed by atoms with Crippen LogP contribution in [0.2, 0.25) is 0 Å². The molecule has 4 heteroatoms. The SMILES string of the molecule is CC1CC1C(=O)NCCC(C)(C)CCC(=O)O. The molecule has 0 saturated heterocycles. The second-order valence-corrected chi connectivity index (χ2v) is 5.92. The van der Waals surface area contributed by atoms with E-state index in [1.807, 2.05) is 13.8 Å². The molecule has 2 unspecified atom stereocenters. The Labute approximate surface area is 103 Å². The lowest BCUT2D eigenvalue weighted by molar-refractivity contribution is -0.137. The number of amides is 1. The molecule has 0 aliphatic heterocycles. The lowest BCUT2D eigenvalue weighted by Crippen LogP contribution is -2.29. The summed E-state index contributed by atoms with van der Waals surface area (Å²) in [5, 5.41) is 11.6. The maximum Gasteiger partial charge on any atom is 0.303 e. The molecule has 0 spiro atoms. The largest absolute Gasteiger partial charge is 0.481 e. The first-order valence-corrected chi connectivity index (χ1v) is 6.31. The highest BCUT2D eigenvalue weighted by atomic mass is 16.4. The van der Waals surface area contributed by atoms with Crippen LogP contribution in [0.3, 0.4) is 0 Å². The van der Waals surface area contributed by atoms with Crippen LogP contribution >= 0.6 is 0 Å². The van der Waals surface area contributed by atoms with Gasteiger partial charge < -0.3 is 10.4 Å². The van der Waals surface area contributed by atoms with Gasteiger partial charge in [0.1, 0.15) is 0 Å². The van der Waals surface area contributed by atoms with Gasteiger partial charge in [0.25, 0.3) is 0 Å². The molecule has 0 radical (unpaired) electrons. The van der Waals surface area contributed by atoms with E-state index in [9.17, 15) is 9.59 Å². The van der Waals surface area contributed by atoms with E-state index in [1.165, 1.54) is 0 Å². The third kappa shape index (κ3) is 5.20. The Kier molecular flexibility index (Phi) is 4.54. The first-order valence-electron chi connectivity index (χ1n) is 6.31. The summed E-state index contributed by atoms with van der Waals surface area (Å²) >= 11 is 0. The molecule has 1 amide bonds. The van der Waals surface area contributed by atoms with E-state index < -0.39 is 5.97 Å². The standard InChI is InChI=1S/C13H23NO3/c1-9-8-10(9)12(17)14-7-6-13(2,3)5-4-11(15)16/h9-10H,4-8H2,1-3H3,(H,14,17)(H,15,16). The van der Waals surface area contributed by atoms with Crippen molar-refractivity contribution in [2.24, 2.45) is 17.3 Å². The molecule has 2 atom stereocenters. The summed E-state index contributed by atoms with van der Waals surface area (Å²) in [6, 6.07) is 0. The zero-order valence-electron chi connectivity index (χ0n) is 11.0. The van der Waals surface area contributed by atoms with Crippen LogP contribution in [0.5, 0.6) is 0 Å². The van der Waals surface area contributed by atoms with Gasteiger partial charge in [-0.1, -0.05) is 20.8 Å². The zero-order chi connectivity index (χ0) is 13.1. The highest BCUT2D eigenvalue weighted by Gasteiger charge is 2.38. The van der Waals surface area contributed by atoms with Crippen molar-refractivity contribution in [1.29, 1.82) is 0 Å². The van der Waals surface area contributed by atoms with Gasteiger partial charge in [-0.3, -0.25) is 9.59 Å². The molecule has 98 valence electrons. The van der Waals surface area contributed by atoms with Gasteiger partial charge in [0.15, 0.2) is 0 Å². The average molecular weight is 241 g/mol. The van der Waals surface area contributed by atoms with Gasteiger partial charge >= 0.3 is 5.97 Å². The molecule has 1 aliphatic rings. The molecule has 17 heavy (non-hydrogen) atoms. The molecule has 4 nitrogen and oxygen atoms in total. The second-order valence-electron chi connectivity index (χ2n) is 5.92. The number of carbonyl (C=O) groups excluding carboxylic acids is 1. The minimum Gasteiger partial charge on any atom is -0.481 e. The van der Waals surface area contributed by atoms with Gasteiger partial charge in [0.2, 0.25) is 5.91 Å². The minimum absolute atomic E-state index is 0.0269. The third-order valence-corrected chi connectivity index (χ3v) is 3.56. The number of carboxylic acid groups (broad SMARTS) is 1. The average Bonchev–Trinajstić information content (AvgIpc) is 2.92. The second kappa shape index (κ2) is 5.52. The molecular formula is C13H23NO3. The Morgan fingerprint density at radius 1 is 1.35 bits per heavy atom. The molecule has 1 saturated carbocycles. The monoisotopic (exact) mass is 241 g/mol. The Morgan fingerprint density at radius 2 is 1.94 bits per heavy atom. The summed E-state index contributed by atoms with van der Waals surface area (Å²) in [6.45, 7) is 6.82. The van der Waals surface area contributed by atoms with Crippen LogP contribution in [-0.2, 0) is 9.59 Å². The van der Waals surface area contributed by atoms with Crippen LogP contribution < -0.4 is 5.32 Å². The fraction of sp³-hybridized carbons (Fsp3) is 0.846. The van der Waals surface area contributed by atoms with E-state index in [1.54, 1.807) is 0 Å². The number of carbonyl (C=O) groups is 2. The van der Waals surface area contributed by atoms with Crippen LogP contribution in [0.15, 0.2) is 0 Å². The van der Waals surface area contributed by atoms with Gasteiger partial charge in [-0.2, -0.15) is 0 Å². The quantitative estimate of drug-likeness (QED) is 0.716. The number of carboxylic acids is 1. The first kappa shape index (κ1) is 14.0. The Balaban J connectivity index is 2.15. The summed E-state index contributed by atoms with van der Waals surface area (Å²) in [5.41, 5.74) is -0.0269. The minimum atomic E-state index is -0.756. The molecular weight excluding hydrogens is 218 g/mol. The lowest BCUT2D eigenvalue weighted by Gasteiger charge is -2.23. The zero-order valence-corrected chi connectivity index (χ0v) is 11.0. The number of aliphatic carboxylic acids is 1. The smallest absolute Gasteiger partial charge is 0.303 e. The molecule has 0 aromatic rings. The van der Waals surface area contributed by atoms with E-state index in [4.69, 9.17) is 5.11 Å². The normalized spacial score (nSPS) is 23.2. The Morgan fingerprint density at radius 3 is 2.41 bits per heavy atom. The topological polar surface area (TPSA) is 66.4 Å². The van der Waals surface area contributed by atoms with Crippen molar-refractivity contribution in [2.45, 2.75) is 46.5 Å². The lowest BCUT2D eigenvalue weighted by atomic mass is 9.84. The van der Waals surface area contributed by atoms with Crippen LogP contribution in [0.1, 0.15) is 46.5 Å². The van der Waals surface area contributed by atoms with Crippen molar-refractivity contribution in [3.63, 3.8) is 0 Å². The van der Waals surface area contributed by atoms with Gasteiger partial charge in [0.05, 0.1) is 0 Å². The predicted octanol–water partition coefficient (Wildman–Crippen LogP) is 2.04. The molecule has 0 aromatic heterocycles. The highest BCUT2D eigenvalue weighted by molar-refractivity contribution is 5.81. The van der Waals surface area contributed by atoms with E-state index >= 15 is 0 Å². The molecule has 1 rings (SSSR count). The van der Waals surface area contributed by atoms with E-state index in [0.717, 1.165) is 12.8 Å². The van der Waals surface area contributed by atoms with Crippen LogP contribution in [0.4, 0.5) is 0 Å². The van der Waals surface area contributed by atoms with Crippen molar-refractivity contribution in [2.75, 3.05) is 6.54 Å². The summed E-state index contributed by atoms with van der Waals surface area (Å²) < 4.78 is 0. The van der Waals surface area contributed by atoms with E-state index in [0.29, 0.717) is 18.9 Å². The van der Waals surface area contributed by atoms with Crippen LogP contribution in [0, 0.1) is 17.3 Å². The first-order chi connectivity index (χ1) is 7.82. The molecule has 0 bridgehead atoms. The molecule has 2 N–H and O–H groups in total. The fourth-order valence-electron chi connectivity index (χ4n) is 1.91. The van der Waals surface area contributed by atoms with Crippen LogP contribution in [-0.4, -0.2) is 23.5 Å². The molecule has 0 heterocycles. The van der Waals surface area contributed by atoms with Gasteiger partial charge in [0, 0.05) is 18.9 Å². The molecule has 0 aromatic carbocycles. The van der Waals surface area contributed by atoms with Crippen molar-refractivity contribution < 1.29 is 14.7 Å². The van der Waals surface area contributed by atoms with Gasteiger partial charge in [-0.05, 0) is 30.6 Å². The number of nitrogens with one attached hydrogen (secondary N) is 1. The summed E-state index contributed by atoms with van der Waals surface area (Å²) in [4.78, 5) is 22.1. The number of hydrogen-bond acceptors (Lipinski definition) is 2. The van der Waals surface area contributed by atoms with Gasteiger partial charge in [-0.25, -0.2) is 0 Å².